The van der Waals surface area contributed by atoms with E-state index >= 15 is 0 Å². The van der Waals surface area contributed by atoms with E-state index in [0.717, 1.165) is 25.4 Å². The standard InChI is InChI=1S/C23H30N2O3/c1-22(24-21(27)28-2)11-17(12-22)20(26)25-10-9-23(13-19(23)14-25)18-7-5-16(6-8-18)15-3-4-15/h5-8,15,17,19H,3-4,9-14H2,1-2H3,(H,24,27). The molecule has 1 heterocycles. The quantitative estimate of drug-likeness (QED) is 0.866. The molecule has 4 fully saturated rings. The van der Waals surface area contributed by atoms with Gasteiger partial charge in [0, 0.05) is 30.0 Å². The maximum absolute atomic E-state index is 12.9. The van der Waals surface area contributed by atoms with Gasteiger partial charge in [-0.05, 0) is 68.4 Å². The average Bonchev–Trinajstić information content (AvgIpc) is 3.58. The number of rotatable bonds is 4. The number of carbonyl (C=O) groups excluding carboxylic acids is 2. The fourth-order valence-corrected chi connectivity index (χ4v) is 5.68. The summed E-state index contributed by atoms with van der Waals surface area (Å²) in [7, 11) is 1.37. The Labute approximate surface area is 166 Å². The fourth-order valence-electron chi connectivity index (χ4n) is 5.68. The van der Waals surface area contributed by atoms with Crippen molar-refractivity contribution in [1.29, 1.82) is 0 Å². The summed E-state index contributed by atoms with van der Waals surface area (Å²) in [6.07, 6.45) is 5.98. The molecule has 2 atom stereocenters. The van der Waals surface area contributed by atoms with E-state index in [4.69, 9.17) is 0 Å². The molecule has 2 amide bonds. The van der Waals surface area contributed by atoms with Crippen molar-refractivity contribution in [1.82, 2.24) is 10.2 Å². The van der Waals surface area contributed by atoms with Gasteiger partial charge in [-0.15, -0.1) is 0 Å². The first-order chi connectivity index (χ1) is 13.4. The lowest BCUT2D eigenvalue weighted by Crippen LogP contribution is -2.59. The maximum atomic E-state index is 12.9. The Hall–Kier alpha value is -2.04. The second-order valence-corrected chi connectivity index (χ2v) is 9.77. The number of methoxy groups -OCH3 is 1. The third-order valence-electron chi connectivity index (χ3n) is 7.68. The summed E-state index contributed by atoms with van der Waals surface area (Å²) in [6, 6.07) is 9.36. The van der Waals surface area contributed by atoms with E-state index in [9.17, 15) is 9.59 Å². The summed E-state index contributed by atoms with van der Waals surface area (Å²) < 4.78 is 4.68. The molecule has 28 heavy (non-hydrogen) atoms. The van der Waals surface area contributed by atoms with E-state index in [-0.39, 0.29) is 17.4 Å². The summed E-state index contributed by atoms with van der Waals surface area (Å²) >= 11 is 0. The van der Waals surface area contributed by atoms with Crippen molar-refractivity contribution >= 4 is 12.0 Å². The first-order valence-electron chi connectivity index (χ1n) is 10.7. The van der Waals surface area contributed by atoms with Crippen LogP contribution >= 0.6 is 0 Å². The van der Waals surface area contributed by atoms with E-state index < -0.39 is 6.09 Å². The van der Waals surface area contributed by atoms with Crippen LogP contribution in [0.15, 0.2) is 24.3 Å². The molecule has 4 aliphatic rings. The summed E-state index contributed by atoms with van der Waals surface area (Å²) in [5, 5.41) is 2.86. The molecule has 5 nitrogen and oxygen atoms in total. The Morgan fingerprint density at radius 3 is 2.46 bits per heavy atom. The smallest absolute Gasteiger partial charge is 0.407 e. The molecule has 0 radical (unpaired) electrons. The molecule has 0 bridgehead atoms. The molecular formula is C23H30N2O3. The van der Waals surface area contributed by atoms with Gasteiger partial charge in [-0.3, -0.25) is 4.79 Å². The number of nitrogens with one attached hydrogen (secondary N) is 1. The van der Waals surface area contributed by atoms with Crippen molar-refractivity contribution in [2.24, 2.45) is 11.8 Å². The van der Waals surface area contributed by atoms with E-state index in [0.29, 0.717) is 24.2 Å². The lowest BCUT2D eigenvalue weighted by molar-refractivity contribution is -0.142. The van der Waals surface area contributed by atoms with Crippen LogP contribution in [0, 0.1) is 11.8 Å². The molecule has 3 saturated carbocycles. The lowest BCUT2D eigenvalue weighted by Gasteiger charge is -2.46. The summed E-state index contributed by atoms with van der Waals surface area (Å²) in [6.45, 7) is 3.74. The number of benzene rings is 1. The Kier molecular flexibility index (Phi) is 4.01. The van der Waals surface area contributed by atoms with Gasteiger partial charge in [0.2, 0.25) is 5.91 Å². The van der Waals surface area contributed by atoms with Crippen LogP contribution in [0.3, 0.4) is 0 Å². The van der Waals surface area contributed by atoms with Crippen LogP contribution in [0.1, 0.15) is 62.5 Å². The fraction of sp³-hybridized carbons (Fsp3) is 0.652. The highest BCUT2D eigenvalue weighted by atomic mass is 16.5. The van der Waals surface area contributed by atoms with Crippen LogP contribution in [0.5, 0.6) is 0 Å². The normalized spacial score (nSPS) is 36.1. The molecule has 1 aliphatic heterocycles. The molecule has 3 aliphatic carbocycles. The van der Waals surface area contributed by atoms with Gasteiger partial charge in [-0.2, -0.15) is 0 Å². The number of carbonyl (C=O) groups is 2. The van der Waals surface area contributed by atoms with Gasteiger partial charge in [0.1, 0.15) is 0 Å². The van der Waals surface area contributed by atoms with Crippen LogP contribution in [-0.4, -0.2) is 42.6 Å². The van der Waals surface area contributed by atoms with Crippen LogP contribution in [0.2, 0.25) is 0 Å². The van der Waals surface area contributed by atoms with Gasteiger partial charge in [-0.1, -0.05) is 24.3 Å². The molecule has 1 aromatic carbocycles. The molecule has 1 aromatic rings. The number of likely N-dealkylation sites (tertiary alicyclic amines) is 1. The average molecular weight is 383 g/mol. The summed E-state index contributed by atoms with van der Waals surface area (Å²) in [5.41, 5.74) is 2.99. The summed E-state index contributed by atoms with van der Waals surface area (Å²) in [5.74, 6) is 1.72. The zero-order valence-corrected chi connectivity index (χ0v) is 16.9. The third-order valence-corrected chi connectivity index (χ3v) is 7.68. The zero-order valence-electron chi connectivity index (χ0n) is 16.9. The number of nitrogens with zero attached hydrogens (tertiary/aromatic N) is 1. The molecule has 1 saturated heterocycles. The van der Waals surface area contributed by atoms with Gasteiger partial charge in [0.05, 0.1) is 7.11 Å². The van der Waals surface area contributed by atoms with E-state index in [1.54, 1.807) is 0 Å². The zero-order chi connectivity index (χ0) is 19.5. The molecule has 0 spiro atoms. The molecular weight excluding hydrogens is 352 g/mol. The highest BCUT2D eigenvalue weighted by Crippen LogP contribution is 2.59. The lowest BCUT2D eigenvalue weighted by atomic mass is 9.68. The van der Waals surface area contributed by atoms with Crippen molar-refractivity contribution in [2.45, 2.75) is 62.3 Å². The summed E-state index contributed by atoms with van der Waals surface area (Å²) in [4.78, 5) is 26.5. The van der Waals surface area contributed by atoms with Crippen LogP contribution in [0.25, 0.3) is 0 Å². The van der Waals surface area contributed by atoms with Gasteiger partial charge in [0.25, 0.3) is 0 Å². The van der Waals surface area contributed by atoms with Crippen molar-refractivity contribution in [3.05, 3.63) is 35.4 Å². The maximum Gasteiger partial charge on any atom is 0.407 e. The minimum atomic E-state index is -0.415. The molecule has 150 valence electrons. The highest BCUT2D eigenvalue weighted by molar-refractivity contribution is 5.81. The predicted octanol–water partition coefficient (Wildman–Crippen LogP) is 3.58. The number of ether oxygens (including phenoxy) is 1. The van der Waals surface area contributed by atoms with Crippen LogP contribution < -0.4 is 5.32 Å². The van der Waals surface area contributed by atoms with Gasteiger partial charge in [0.15, 0.2) is 0 Å². The predicted molar refractivity (Wildman–Crippen MR) is 106 cm³/mol. The van der Waals surface area contributed by atoms with Crippen molar-refractivity contribution in [3.8, 4) is 0 Å². The number of amides is 2. The van der Waals surface area contributed by atoms with E-state index in [1.807, 2.05) is 6.92 Å². The third kappa shape index (κ3) is 2.99. The van der Waals surface area contributed by atoms with Gasteiger partial charge >= 0.3 is 6.09 Å². The Morgan fingerprint density at radius 1 is 1.14 bits per heavy atom. The second kappa shape index (κ2) is 6.23. The van der Waals surface area contributed by atoms with Gasteiger partial charge < -0.3 is 15.0 Å². The topological polar surface area (TPSA) is 58.6 Å². The molecule has 5 rings (SSSR count). The number of fused-ring (bicyclic) bond motifs is 1. The first-order valence-corrected chi connectivity index (χ1v) is 10.7. The van der Waals surface area contributed by atoms with E-state index in [1.165, 1.54) is 37.5 Å². The Balaban J connectivity index is 1.17. The SMILES string of the molecule is COC(=O)NC1(C)CC(C(=O)N2CCC3(c4ccc(C5CC5)cc4)CC3C2)C1. The number of hydrogen-bond acceptors (Lipinski definition) is 3. The van der Waals surface area contributed by atoms with Crippen molar-refractivity contribution in [2.75, 3.05) is 20.2 Å². The Bertz CT molecular complexity index is 795. The molecule has 0 aromatic heterocycles. The minimum absolute atomic E-state index is 0.0335. The van der Waals surface area contributed by atoms with Crippen molar-refractivity contribution < 1.29 is 14.3 Å². The van der Waals surface area contributed by atoms with Crippen LogP contribution in [0.4, 0.5) is 4.79 Å². The molecule has 1 N–H and O–H groups in total. The van der Waals surface area contributed by atoms with Crippen LogP contribution in [-0.2, 0) is 14.9 Å². The largest absolute Gasteiger partial charge is 0.453 e. The first kappa shape index (κ1) is 18.0. The molecule has 2 unspecified atom stereocenters. The number of alkyl carbamates (subject to hydrolysis) is 1. The van der Waals surface area contributed by atoms with Crippen molar-refractivity contribution in [3.63, 3.8) is 0 Å². The highest BCUT2D eigenvalue weighted by Gasteiger charge is 2.58. The van der Waals surface area contributed by atoms with E-state index in [2.05, 4.69) is 39.2 Å². The van der Waals surface area contributed by atoms with Gasteiger partial charge in [-0.25, -0.2) is 4.79 Å². The Morgan fingerprint density at radius 2 is 1.86 bits per heavy atom. The monoisotopic (exact) mass is 382 g/mol. The minimum Gasteiger partial charge on any atom is -0.453 e. The molecule has 5 heteroatoms. The number of piperidine rings is 1. The number of hydrogen-bond donors (Lipinski definition) is 1. The second-order valence-electron chi connectivity index (χ2n) is 9.77.